The number of hydrogen-bond donors (Lipinski definition) is 9. The van der Waals surface area contributed by atoms with Gasteiger partial charge in [0.2, 0.25) is 11.7 Å². The molecule has 1 aromatic rings. The van der Waals surface area contributed by atoms with Crippen LogP contribution in [0.4, 0.5) is 0 Å². The highest BCUT2D eigenvalue weighted by Gasteiger charge is 2.74. The third-order valence-electron chi connectivity index (χ3n) is 8.86. The molecule has 0 aromatic heterocycles. The maximum Gasteiger partial charge on any atom is 0.255 e. The van der Waals surface area contributed by atoms with Crippen LogP contribution in [0.25, 0.3) is 0 Å². The summed E-state index contributed by atoms with van der Waals surface area (Å²) in [6.45, 7) is 4.66. The highest BCUT2D eigenvalue weighted by Crippen LogP contribution is 2.44. The largest absolute Gasteiger partial charge is 0.492 e. The molecule has 3 saturated heterocycles. The molecule has 13 nitrogen and oxygen atoms in total. The fourth-order valence-electron chi connectivity index (χ4n) is 6.41. The summed E-state index contributed by atoms with van der Waals surface area (Å²) < 4.78 is 5.88. The number of hydrogen-bond acceptors (Lipinski definition) is 7. The first-order chi connectivity index (χ1) is 18.4. The Hall–Kier alpha value is -3.58. The van der Waals surface area contributed by atoms with Crippen molar-refractivity contribution in [3.63, 3.8) is 0 Å². The van der Waals surface area contributed by atoms with Gasteiger partial charge in [-0.1, -0.05) is 26.0 Å². The Balaban J connectivity index is 1.25. The van der Waals surface area contributed by atoms with E-state index in [4.69, 9.17) is 15.6 Å². The summed E-state index contributed by atoms with van der Waals surface area (Å²) in [6, 6.07) is 2.70. The lowest BCUT2D eigenvalue weighted by molar-refractivity contribution is -0.232. The number of nitrogens with one attached hydrogen (secondary N) is 7. The first kappa shape index (κ1) is 25.7. The molecular weight excluding hydrogens is 504 g/mol. The van der Waals surface area contributed by atoms with Crippen LogP contribution in [-0.4, -0.2) is 88.1 Å². The van der Waals surface area contributed by atoms with E-state index in [1.807, 2.05) is 6.07 Å². The molecule has 210 valence electrons. The van der Waals surface area contributed by atoms with Crippen LogP contribution in [-0.2, 0) is 10.2 Å². The molecule has 1 saturated carbocycles. The number of amides is 2. The number of guanidine groups is 2. The minimum Gasteiger partial charge on any atom is -0.492 e. The van der Waals surface area contributed by atoms with Crippen molar-refractivity contribution in [2.24, 2.45) is 5.92 Å². The highest BCUT2D eigenvalue weighted by atomic mass is 16.5. The second-order valence-corrected chi connectivity index (χ2v) is 12.0. The molecule has 2 amide bonds. The van der Waals surface area contributed by atoms with E-state index in [1.165, 1.54) is 4.90 Å². The lowest BCUT2D eigenvalue weighted by Gasteiger charge is -2.51. The SMILES string of the molecule is CC1(C)CCOc2c(C(=O)N[C@H]3CN4C(=N)N[C@@H](CNC(=O)CC5CC5)[C@@H]5NC(=N)N[C@@]54C3(O)O)cccc21. The van der Waals surface area contributed by atoms with E-state index in [9.17, 15) is 19.8 Å². The first-order valence-corrected chi connectivity index (χ1v) is 13.5. The van der Waals surface area contributed by atoms with Crippen LogP contribution in [0.5, 0.6) is 5.75 Å². The second kappa shape index (κ2) is 8.71. The van der Waals surface area contributed by atoms with E-state index in [1.54, 1.807) is 12.1 Å². The zero-order chi connectivity index (χ0) is 27.7. The molecule has 4 aliphatic heterocycles. The molecule has 1 aliphatic carbocycles. The van der Waals surface area contributed by atoms with Gasteiger partial charge in [0.1, 0.15) is 11.8 Å². The van der Waals surface area contributed by atoms with Gasteiger partial charge >= 0.3 is 0 Å². The van der Waals surface area contributed by atoms with Crippen LogP contribution in [0.2, 0.25) is 0 Å². The number of ether oxygens (including phenoxy) is 1. The number of rotatable bonds is 6. The molecule has 4 fully saturated rings. The van der Waals surface area contributed by atoms with Crippen LogP contribution >= 0.6 is 0 Å². The van der Waals surface area contributed by atoms with Gasteiger partial charge in [-0.25, -0.2) is 0 Å². The first-order valence-electron chi connectivity index (χ1n) is 13.5. The Morgan fingerprint density at radius 1 is 1.21 bits per heavy atom. The normalized spacial score (nSPS) is 31.5. The fraction of sp³-hybridized carbons (Fsp3) is 0.615. The zero-order valence-electron chi connectivity index (χ0n) is 22.1. The maximum atomic E-state index is 13.5. The maximum absolute atomic E-state index is 13.5. The molecule has 1 aromatic carbocycles. The van der Waals surface area contributed by atoms with Crippen molar-refractivity contribution in [2.45, 2.75) is 74.5 Å². The molecule has 0 bridgehead atoms. The lowest BCUT2D eigenvalue weighted by atomic mass is 9.79. The Morgan fingerprint density at radius 3 is 2.72 bits per heavy atom. The number of fused-ring (bicyclic) bond motifs is 1. The van der Waals surface area contributed by atoms with Crippen molar-refractivity contribution in [3.05, 3.63) is 29.3 Å². The van der Waals surface area contributed by atoms with Crippen molar-refractivity contribution < 1.29 is 24.5 Å². The Bertz CT molecular complexity index is 1250. The van der Waals surface area contributed by atoms with E-state index in [0.717, 1.165) is 24.8 Å². The summed E-state index contributed by atoms with van der Waals surface area (Å²) in [6.07, 6.45) is 3.34. The molecule has 0 radical (unpaired) electrons. The van der Waals surface area contributed by atoms with Gasteiger partial charge in [-0.05, 0) is 36.7 Å². The predicted octanol–water partition coefficient (Wildman–Crippen LogP) is -1.14. The average Bonchev–Trinajstić information content (AvgIpc) is 3.56. The van der Waals surface area contributed by atoms with Gasteiger partial charge < -0.3 is 46.4 Å². The molecule has 13 heteroatoms. The molecule has 39 heavy (non-hydrogen) atoms. The Labute approximate surface area is 226 Å². The monoisotopic (exact) mass is 540 g/mol. The average molecular weight is 541 g/mol. The summed E-state index contributed by atoms with van der Waals surface area (Å²) in [4.78, 5) is 27.3. The second-order valence-electron chi connectivity index (χ2n) is 12.0. The molecular formula is C26H36N8O5. The van der Waals surface area contributed by atoms with Gasteiger partial charge in [0, 0.05) is 25.1 Å². The van der Waals surface area contributed by atoms with Gasteiger partial charge in [0.25, 0.3) is 5.91 Å². The van der Waals surface area contributed by atoms with Crippen LogP contribution < -0.4 is 31.3 Å². The summed E-state index contributed by atoms with van der Waals surface area (Å²) >= 11 is 0. The summed E-state index contributed by atoms with van der Waals surface area (Å²) in [5.74, 6) is -2.58. The molecule has 4 heterocycles. The summed E-state index contributed by atoms with van der Waals surface area (Å²) in [5, 5.41) is 54.7. The Morgan fingerprint density at radius 2 is 1.97 bits per heavy atom. The highest BCUT2D eigenvalue weighted by molar-refractivity contribution is 5.98. The van der Waals surface area contributed by atoms with Gasteiger partial charge in [0.15, 0.2) is 17.6 Å². The van der Waals surface area contributed by atoms with E-state index in [0.29, 0.717) is 30.3 Å². The van der Waals surface area contributed by atoms with Crippen molar-refractivity contribution in [1.82, 2.24) is 31.5 Å². The number of carbonyl (C=O) groups excluding carboxylic acids is 2. The smallest absolute Gasteiger partial charge is 0.255 e. The fourth-order valence-corrected chi connectivity index (χ4v) is 6.41. The Kier molecular flexibility index (Phi) is 5.74. The van der Waals surface area contributed by atoms with Gasteiger partial charge in [-0.2, -0.15) is 0 Å². The van der Waals surface area contributed by atoms with Crippen LogP contribution in [0, 0.1) is 16.7 Å². The van der Waals surface area contributed by atoms with E-state index in [-0.39, 0.29) is 36.3 Å². The van der Waals surface area contributed by atoms with E-state index in [2.05, 4.69) is 40.4 Å². The molecule has 0 unspecified atom stereocenters. The minimum atomic E-state index is -2.59. The van der Waals surface area contributed by atoms with Crippen LogP contribution in [0.3, 0.4) is 0 Å². The molecule has 5 aliphatic rings. The number of carbonyl (C=O) groups is 2. The van der Waals surface area contributed by atoms with Crippen LogP contribution in [0.1, 0.15) is 55.5 Å². The van der Waals surface area contributed by atoms with Crippen molar-refractivity contribution >= 4 is 23.7 Å². The van der Waals surface area contributed by atoms with Gasteiger partial charge in [-0.3, -0.25) is 20.4 Å². The van der Waals surface area contributed by atoms with Crippen molar-refractivity contribution in [2.75, 3.05) is 19.7 Å². The number of para-hydroxylation sites is 1. The van der Waals surface area contributed by atoms with Gasteiger partial charge in [0.05, 0.1) is 24.3 Å². The topological polar surface area (TPSA) is 195 Å². The standard InChI is InChI=1S/C26H36N8O5/c1-24(2)8-9-39-19-14(4-3-5-15(19)24)21(36)31-17-12-34-23(28)30-16(11-29-18(35)10-13-6-7-13)20-25(34,26(17,37)38)33-22(27)32-20/h3-5,13,16-17,20,37-38H,6-12H2,1-2H3,(H2,28,30)(H,29,35)(H,31,36)(H3,27,32,33)/t16-,17-,20-,25-/m0/s1. The molecule has 1 spiro atoms. The predicted molar refractivity (Wildman–Crippen MR) is 140 cm³/mol. The molecule has 9 N–H and O–H groups in total. The van der Waals surface area contributed by atoms with Crippen molar-refractivity contribution in [1.29, 1.82) is 10.8 Å². The number of benzene rings is 1. The third kappa shape index (κ3) is 3.97. The number of aliphatic hydroxyl groups is 2. The summed E-state index contributed by atoms with van der Waals surface area (Å²) in [5.41, 5.74) is -0.698. The van der Waals surface area contributed by atoms with E-state index < -0.39 is 35.5 Å². The third-order valence-corrected chi connectivity index (χ3v) is 8.86. The quantitative estimate of drug-likeness (QED) is 0.200. The molecule has 6 rings (SSSR count). The van der Waals surface area contributed by atoms with Gasteiger partial charge in [-0.15, -0.1) is 0 Å². The zero-order valence-corrected chi connectivity index (χ0v) is 22.1. The summed E-state index contributed by atoms with van der Waals surface area (Å²) in [7, 11) is 0. The van der Waals surface area contributed by atoms with E-state index >= 15 is 0 Å². The lowest BCUT2D eigenvalue weighted by Crippen LogP contribution is -2.81. The van der Waals surface area contributed by atoms with Crippen molar-refractivity contribution in [3.8, 4) is 5.75 Å². The minimum absolute atomic E-state index is 0.101. The van der Waals surface area contributed by atoms with Crippen LogP contribution in [0.15, 0.2) is 18.2 Å². The number of nitrogens with zero attached hydrogens (tertiary/aromatic N) is 1. The molecule has 4 atom stereocenters.